The molecular formula is C12H13F3O2. The van der Waals surface area contributed by atoms with E-state index in [0.29, 0.717) is 0 Å². The second kappa shape index (κ2) is 4.14. The van der Waals surface area contributed by atoms with Crippen LogP contribution in [-0.2, 0) is 5.92 Å². The molecule has 0 radical (unpaired) electrons. The van der Waals surface area contributed by atoms with E-state index in [4.69, 9.17) is 0 Å². The van der Waals surface area contributed by atoms with Crippen LogP contribution in [0.2, 0.25) is 0 Å². The van der Waals surface area contributed by atoms with Crippen molar-refractivity contribution in [3.8, 4) is 0 Å². The second-order valence-corrected chi connectivity index (χ2v) is 4.36. The first-order valence-corrected chi connectivity index (χ1v) is 4.99. The van der Waals surface area contributed by atoms with Crippen molar-refractivity contribution in [2.45, 2.75) is 32.3 Å². The quantitative estimate of drug-likeness (QED) is 0.832. The van der Waals surface area contributed by atoms with Gasteiger partial charge in [-0.3, -0.25) is 4.79 Å². The predicted molar refractivity (Wildman–Crippen MR) is 56.6 cm³/mol. The zero-order valence-corrected chi connectivity index (χ0v) is 9.72. The molecule has 0 fully saturated rings. The first-order valence-electron chi connectivity index (χ1n) is 4.99. The van der Waals surface area contributed by atoms with Crippen molar-refractivity contribution in [2.75, 3.05) is 0 Å². The maximum absolute atomic E-state index is 13.8. The van der Waals surface area contributed by atoms with Gasteiger partial charge in [-0.1, -0.05) is 6.07 Å². The molecule has 1 aromatic rings. The van der Waals surface area contributed by atoms with E-state index in [0.717, 1.165) is 39.0 Å². The molecule has 17 heavy (non-hydrogen) atoms. The second-order valence-electron chi connectivity index (χ2n) is 4.36. The summed E-state index contributed by atoms with van der Waals surface area (Å²) in [7, 11) is 0. The molecule has 0 spiro atoms. The number of ketones is 1. The molecule has 0 atom stereocenters. The van der Waals surface area contributed by atoms with Crippen molar-refractivity contribution in [3.63, 3.8) is 0 Å². The molecule has 0 unspecified atom stereocenters. The normalized spacial score (nSPS) is 12.6. The summed E-state index contributed by atoms with van der Waals surface area (Å²) in [4.78, 5) is 11.0. The molecule has 0 saturated heterocycles. The van der Waals surface area contributed by atoms with Crippen LogP contribution in [0.15, 0.2) is 18.2 Å². The van der Waals surface area contributed by atoms with Crippen LogP contribution in [0, 0.1) is 5.82 Å². The summed E-state index contributed by atoms with van der Waals surface area (Å²) in [6.07, 6.45) is 0. The van der Waals surface area contributed by atoms with Crippen molar-refractivity contribution in [3.05, 3.63) is 35.1 Å². The molecule has 0 aliphatic heterocycles. The summed E-state index contributed by atoms with van der Waals surface area (Å²) < 4.78 is 41.3. The van der Waals surface area contributed by atoms with Gasteiger partial charge in [0.05, 0.1) is 11.1 Å². The van der Waals surface area contributed by atoms with E-state index < -0.39 is 34.3 Å². The number of alkyl halides is 2. The average molecular weight is 246 g/mol. The van der Waals surface area contributed by atoms with Crippen molar-refractivity contribution in [1.29, 1.82) is 0 Å². The summed E-state index contributed by atoms with van der Waals surface area (Å²) in [5, 5.41) is 9.35. The first kappa shape index (κ1) is 13.7. The topological polar surface area (TPSA) is 37.3 Å². The first-order chi connectivity index (χ1) is 7.59. The Bertz CT molecular complexity index is 448. The lowest BCUT2D eigenvalue weighted by atomic mass is 9.91. The highest BCUT2D eigenvalue weighted by atomic mass is 19.3. The lowest BCUT2D eigenvalue weighted by molar-refractivity contribution is -0.170. The van der Waals surface area contributed by atoms with Gasteiger partial charge in [0.2, 0.25) is 0 Å². The van der Waals surface area contributed by atoms with E-state index in [1.165, 1.54) is 0 Å². The van der Waals surface area contributed by atoms with Crippen LogP contribution in [0.5, 0.6) is 0 Å². The van der Waals surface area contributed by atoms with Crippen molar-refractivity contribution in [2.24, 2.45) is 0 Å². The Hall–Kier alpha value is -1.36. The summed E-state index contributed by atoms with van der Waals surface area (Å²) in [5.74, 6) is -5.70. The highest BCUT2D eigenvalue weighted by Gasteiger charge is 2.49. The third kappa shape index (κ3) is 2.34. The van der Waals surface area contributed by atoms with Crippen LogP contribution < -0.4 is 0 Å². The number of carbonyl (C=O) groups excluding carboxylic acids is 1. The molecule has 0 aliphatic carbocycles. The van der Waals surface area contributed by atoms with Crippen molar-refractivity contribution in [1.82, 2.24) is 0 Å². The Morgan fingerprint density at radius 2 is 1.82 bits per heavy atom. The molecule has 1 aromatic carbocycles. The van der Waals surface area contributed by atoms with Gasteiger partial charge in [0.15, 0.2) is 5.78 Å². The summed E-state index contributed by atoms with van der Waals surface area (Å²) in [6.45, 7) is 2.85. The Morgan fingerprint density at radius 1 is 1.29 bits per heavy atom. The number of Topliss-reactive ketones (excluding diaryl/α,β-unsaturated/α-hetero) is 1. The van der Waals surface area contributed by atoms with Crippen LogP contribution in [0.3, 0.4) is 0 Å². The standard InChI is InChI=1S/C12H13F3O2/c1-7(16)8-5-4-6-9(10(8)13)12(14,15)11(2,3)17/h4-6,17H,1-3H3. The van der Waals surface area contributed by atoms with Crippen LogP contribution >= 0.6 is 0 Å². The molecule has 0 aromatic heterocycles. The van der Waals surface area contributed by atoms with E-state index in [1.807, 2.05) is 0 Å². The van der Waals surface area contributed by atoms with Gasteiger partial charge < -0.3 is 5.11 Å². The molecular weight excluding hydrogens is 233 g/mol. The molecule has 0 heterocycles. The summed E-state index contributed by atoms with van der Waals surface area (Å²) in [5.41, 5.74) is -3.80. The minimum absolute atomic E-state index is 0.411. The van der Waals surface area contributed by atoms with Crippen LogP contribution in [0.25, 0.3) is 0 Å². The predicted octanol–water partition coefficient (Wildman–Crippen LogP) is 2.89. The van der Waals surface area contributed by atoms with Gasteiger partial charge in [0.25, 0.3) is 0 Å². The SMILES string of the molecule is CC(=O)c1cccc(C(F)(F)C(C)(C)O)c1F. The molecule has 1 N–H and O–H groups in total. The fourth-order valence-corrected chi connectivity index (χ4v) is 1.38. The van der Waals surface area contributed by atoms with Crippen molar-refractivity contribution < 1.29 is 23.1 Å². The van der Waals surface area contributed by atoms with Crippen LogP contribution in [0.1, 0.15) is 36.7 Å². The maximum atomic E-state index is 13.8. The lowest BCUT2D eigenvalue weighted by Crippen LogP contribution is -2.41. The average Bonchev–Trinajstić information content (AvgIpc) is 2.15. The lowest BCUT2D eigenvalue weighted by Gasteiger charge is -2.29. The number of halogens is 3. The van der Waals surface area contributed by atoms with Crippen LogP contribution in [-0.4, -0.2) is 16.5 Å². The molecule has 2 nitrogen and oxygen atoms in total. The Morgan fingerprint density at radius 3 is 2.24 bits per heavy atom. The number of rotatable bonds is 3. The van der Waals surface area contributed by atoms with Gasteiger partial charge >= 0.3 is 5.92 Å². The Kier molecular flexibility index (Phi) is 3.34. The molecule has 0 bridgehead atoms. The van der Waals surface area contributed by atoms with Gasteiger partial charge in [-0.2, -0.15) is 8.78 Å². The zero-order chi connectivity index (χ0) is 13.4. The van der Waals surface area contributed by atoms with Gasteiger partial charge in [-0.15, -0.1) is 0 Å². The Balaban J connectivity index is 3.44. The molecule has 0 aliphatic rings. The van der Waals surface area contributed by atoms with Gasteiger partial charge in [0.1, 0.15) is 11.4 Å². The maximum Gasteiger partial charge on any atom is 0.303 e. The minimum Gasteiger partial charge on any atom is -0.384 e. The third-order valence-electron chi connectivity index (χ3n) is 2.48. The molecule has 5 heteroatoms. The largest absolute Gasteiger partial charge is 0.384 e. The summed E-state index contributed by atoms with van der Waals surface area (Å²) in [6, 6.07) is 3.15. The number of hydrogen-bond acceptors (Lipinski definition) is 2. The fourth-order valence-electron chi connectivity index (χ4n) is 1.38. The van der Waals surface area contributed by atoms with Gasteiger partial charge in [-0.05, 0) is 32.9 Å². The number of carbonyl (C=O) groups is 1. The van der Waals surface area contributed by atoms with Gasteiger partial charge in [-0.25, -0.2) is 4.39 Å². The van der Waals surface area contributed by atoms with E-state index in [9.17, 15) is 23.1 Å². The van der Waals surface area contributed by atoms with E-state index in [1.54, 1.807) is 0 Å². The minimum atomic E-state index is -3.78. The fraction of sp³-hybridized carbons (Fsp3) is 0.417. The summed E-state index contributed by atoms with van der Waals surface area (Å²) >= 11 is 0. The van der Waals surface area contributed by atoms with E-state index in [2.05, 4.69) is 0 Å². The van der Waals surface area contributed by atoms with Crippen LogP contribution in [0.4, 0.5) is 13.2 Å². The van der Waals surface area contributed by atoms with E-state index >= 15 is 0 Å². The number of benzene rings is 1. The molecule has 0 saturated carbocycles. The van der Waals surface area contributed by atoms with Crippen molar-refractivity contribution >= 4 is 5.78 Å². The van der Waals surface area contributed by atoms with Gasteiger partial charge in [0, 0.05) is 0 Å². The highest BCUT2D eigenvalue weighted by molar-refractivity contribution is 5.94. The Labute approximate surface area is 97.1 Å². The highest BCUT2D eigenvalue weighted by Crippen LogP contribution is 2.40. The molecule has 0 amide bonds. The molecule has 1 rings (SSSR count). The third-order valence-corrected chi connectivity index (χ3v) is 2.48. The van der Waals surface area contributed by atoms with E-state index in [-0.39, 0.29) is 0 Å². The monoisotopic (exact) mass is 246 g/mol. The number of aliphatic hydroxyl groups is 1. The molecule has 94 valence electrons. The zero-order valence-electron chi connectivity index (χ0n) is 9.72. The smallest absolute Gasteiger partial charge is 0.303 e. The number of hydrogen-bond donors (Lipinski definition) is 1.